The van der Waals surface area contributed by atoms with Crippen molar-refractivity contribution in [3.05, 3.63) is 98.4 Å². The van der Waals surface area contributed by atoms with E-state index in [4.69, 9.17) is 9.47 Å². The molecule has 4 atom stereocenters. The summed E-state index contributed by atoms with van der Waals surface area (Å²) in [6, 6.07) is 16.4. The van der Waals surface area contributed by atoms with Gasteiger partial charge >= 0.3 is 11.9 Å². The first-order valence-electron chi connectivity index (χ1n) is 12.8. The Bertz CT molecular complexity index is 1330. The SMILES string of the molecule is COC(=O)C1=C(C)NC(C)=C(C(=O)OC2C3CCC2N(Cc2ccccc2)C3)C1c1cccc([N+](=O)[O-])c1. The Morgan fingerprint density at radius 3 is 2.42 bits per heavy atom. The molecular formula is C29H31N3O6. The van der Waals surface area contributed by atoms with Crippen molar-refractivity contribution >= 4 is 17.6 Å². The average Bonchev–Trinajstić information content (AvgIpc) is 3.44. The summed E-state index contributed by atoms with van der Waals surface area (Å²) in [5.74, 6) is -1.77. The van der Waals surface area contributed by atoms with Gasteiger partial charge in [-0.25, -0.2) is 9.59 Å². The van der Waals surface area contributed by atoms with Gasteiger partial charge in [-0.15, -0.1) is 0 Å². The molecule has 1 saturated carbocycles. The first kappa shape index (κ1) is 25.7. The number of nitro groups is 1. The summed E-state index contributed by atoms with van der Waals surface area (Å²) in [4.78, 5) is 40.1. The number of rotatable bonds is 7. The van der Waals surface area contributed by atoms with E-state index in [1.807, 2.05) is 18.2 Å². The number of nitro benzene ring substituents is 1. The zero-order valence-corrected chi connectivity index (χ0v) is 21.7. The first-order valence-corrected chi connectivity index (χ1v) is 12.8. The highest BCUT2D eigenvalue weighted by Gasteiger charge is 2.50. The van der Waals surface area contributed by atoms with Crippen LogP contribution in [-0.4, -0.2) is 47.6 Å². The van der Waals surface area contributed by atoms with Gasteiger partial charge in [0.25, 0.3) is 5.69 Å². The van der Waals surface area contributed by atoms with Gasteiger partial charge in [-0.3, -0.25) is 15.0 Å². The maximum absolute atomic E-state index is 13.9. The highest BCUT2D eigenvalue weighted by molar-refractivity contribution is 6.00. The van der Waals surface area contributed by atoms with Crippen molar-refractivity contribution in [3.8, 4) is 0 Å². The van der Waals surface area contributed by atoms with Crippen LogP contribution in [0.25, 0.3) is 0 Å². The first-order chi connectivity index (χ1) is 18.3. The Morgan fingerprint density at radius 2 is 1.74 bits per heavy atom. The van der Waals surface area contributed by atoms with Gasteiger partial charge in [-0.1, -0.05) is 42.5 Å². The van der Waals surface area contributed by atoms with Crippen molar-refractivity contribution in [3.63, 3.8) is 0 Å². The van der Waals surface area contributed by atoms with Crippen molar-refractivity contribution in [2.75, 3.05) is 13.7 Å². The summed E-state index contributed by atoms with van der Waals surface area (Å²) >= 11 is 0. The number of carbonyl (C=O) groups is 2. The molecule has 9 nitrogen and oxygen atoms in total. The van der Waals surface area contributed by atoms with E-state index in [-0.39, 0.29) is 34.9 Å². The number of methoxy groups -OCH3 is 1. The maximum atomic E-state index is 13.9. The number of nitrogens with one attached hydrogen (secondary N) is 1. The maximum Gasteiger partial charge on any atom is 0.337 e. The number of piperidine rings is 1. The zero-order chi connectivity index (χ0) is 27.0. The van der Waals surface area contributed by atoms with E-state index in [9.17, 15) is 19.7 Å². The van der Waals surface area contributed by atoms with Crippen LogP contribution in [0, 0.1) is 16.0 Å². The molecule has 2 aromatic rings. The monoisotopic (exact) mass is 517 g/mol. The number of carbonyl (C=O) groups excluding carboxylic acids is 2. The number of hydrogen-bond acceptors (Lipinski definition) is 8. The smallest absolute Gasteiger partial charge is 0.337 e. The fourth-order valence-electron chi connectivity index (χ4n) is 6.21. The standard InChI is InChI=1S/C29H31N3O6/c1-17-24(28(33)37-3)26(20-10-7-11-22(14-20)32(35)36)25(18(2)30-17)29(34)38-27-21-12-13-23(27)31(16-21)15-19-8-5-4-6-9-19/h4-11,14,21,23,26-27,30H,12-13,15-16H2,1-3H3. The van der Waals surface area contributed by atoms with E-state index in [1.165, 1.54) is 24.8 Å². The van der Waals surface area contributed by atoms with Gasteiger partial charge < -0.3 is 14.8 Å². The molecule has 9 heteroatoms. The number of benzene rings is 2. The fourth-order valence-corrected chi connectivity index (χ4v) is 6.21. The van der Waals surface area contributed by atoms with Crippen LogP contribution in [0.5, 0.6) is 0 Å². The van der Waals surface area contributed by atoms with Gasteiger partial charge in [0, 0.05) is 48.6 Å². The van der Waals surface area contributed by atoms with Crippen molar-refractivity contribution in [2.24, 2.45) is 5.92 Å². The minimum Gasteiger partial charge on any atom is -0.466 e. The predicted molar refractivity (Wildman–Crippen MR) is 140 cm³/mol. The van der Waals surface area contributed by atoms with Gasteiger partial charge in [0.2, 0.25) is 0 Å². The highest BCUT2D eigenvalue weighted by atomic mass is 16.6. The van der Waals surface area contributed by atoms with Crippen LogP contribution in [0.1, 0.15) is 43.7 Å². The molecule has 198 valence electrons. The molecule has 2 heterocycles. The van der Waals surface area contributed by atoms with Gasteiger partial charge in [0.15, 0.2) is 0 Å². The third kappa shape index (κ3) is 4.69. The Morgan fingerprint density at radius 1 is 1.03 bits per heavy atom. The van der Waals surface area contributed by atoms with Crippen LogP contribution in [0.4, 0.5) is 5.69 Å². The second-order valence-corrected chi connectivity index (χ2v) is 10.2. The number of non-ortho nitro benzene ring substituents is 1. The Balaban J connectivity index is 1.45. The summed E-state index contributed by atoms with van der Waals surface area (Å²) < 4.78 is 11.3. The van der Waals surface area contributed by atoms with E-state index in [0.29, 0.717) is 17.0 Å². The lowest BCUT2D eigenvalue weighted by Gasteiger charge is -2.31. The van der Waals surface area contributed by atoms with E-state index in [0.717, 1.165) is 25.9 Å². The molecule has 5 rings (SSSR count). The molecule has 2 bridgehead atoms. The quantitative estimate of drug-likeness (QED) is 0.330. The highest BCUT2D eigenvalue weighted by Crippen LogP contribution is 2.44. The normalized spacial score (nSPS) is 24.8. The van der Waals surface area contributed by atoms with Crippen LogP contribution in [-0.2, 0) is 25.6 Å². The summed E-state index contributed by atoms with van der Waals surface area (Å²) in [7, 11) is 1.27. The van der Waals surface area contributed by atoms with Gasteiger partial charge in [-0.05, 0) is 37.8 Å². The molecule has 2 fully saturated rings. The number of allylic oxidation sites excluding steroid dienone is 2. The topological polar surface area (TPSA) is 111 Å². The molecule has 0 aromatic heterocycles. The summed E-state index contributed by atoms with van der Waals surface area (Å²) in [5, 5.41) is 14.6. The summed E-state index contributed by atoms with van der Waals surface area (Å²) in [6.07, 6.45) is 1.68. The number of fused-ring (bicyclic) bond motifs is 2. The Kier molecular flexibility index (Phi) is 7.03. The zero-order valence-electron chi connectivity index (χ0n) is 21.7. The molecule has 0 spiro atoms. The number of hydrogen-bond donors (Lipinski definition) is 1. The largest absolute Gasteiger partial charge is 0.466 e. The van der Waals surface area contributed by atoms with E-state index in [1.54, 1.807) is 26.0 Å². The van der Waals surface area contributed by atoms with Gasteiger partial charge in [0.05, 0.1) is 29.1 Å². The molecular weight excluding hydrogens is 486 g/mol. The molecule has 1 aliphatic carbocycles. The number of nitrogens with zero attached hydrogens (tertiary/aromatic N) is 2. The van der Waals surface area contributed by atoms with E-state index in [2.05, 4.69) is 22.3 Å². The van der Waals surface area contributed by atoms with E-state index < -0.39 is 22.8 Å². The van der Waals surface area contributed by atoms with Crippen molar-refractivity contribution in [1.29, 1.82) is 0 Å². The minimum atomic E-state index is -0.865. The van der Waals surface area contributed by atoms with Crippen molar-refractivity contribution in [1.82, 2.24) is 10.2 Å². The number of dihydropyridines is 1. The van der Waals surface area contributed by atoms with Crippen LogP contribution in [0.2, 0.25) is 0 Å². The Labute approximate surface area is 221 Å². The Hall–Kier alpha value is -3.98. The van der Waals surface area contributed by atoms with Crippen LogP contribution in [0.3, 0.4) is 0 Å². The molecule has 2 aliphatic heterocycles. The molecule has 0 amide bonds. The lowest BCUT2D eigenvalue weighted by Crippen LogP contribution is -2.37. The number of esters is 2. The molecule has 3 aliphatic rings. The molecule has 2 aromatic carbocycles. The molecule has 1 saturated heterocycles. The molecule has 4 unspecified atom stereocenters. The van der Waals surface area contributed by atoms with Crippen molar-refractivity contribution in [2.45, 2.75) is 51.3 Å². The number of likely N-dealkylation sites (tertiary alicyclic amines) is 1. The lowest BCUT2D eigenvalue weighted by atomic mass is 9.80. The van der Waals surface area contributed by atoms with Crippen LogP contribution < -0.4 is 5.32 Å². The molecule has 38 heavy (non-hydrogen) atoms. The van der Waals surface area contributed by atoms with Gasteiger partial charge in [0.1, 0.15) is 6.10 Å². The van der Waals surface area contributed by atoms with Crippen LogP contribution >= 0.6 is 0 Å². The minimum absolute atomic E-state index is 0.121. The molecule has 1 N–H and O–H groups in total. The van der Waals surface area contributed by atoms with Crippen molar-refractivity contribution < 1.29 is 24.0 Å². The predicted octanol–water partition coefficient (Wildman–Crippen LogP) is 4.21. The van der Waals surface area contributed by atoms with E-state index >= 15 is 0 Å². The third-order valence-corrected chi connectivity index (χ3v) is 7.89. The van der Waals surface area contributed by atoms with Gasteiger partial charge in [-0.2, -0.15) is 0 Å². The summed E-state index contributed by atoms with van der Waals surface area (Å²) in [5.41, 5.74) is 3.10. The van der Waals surface area contributed by atoms with Crippen LogP contribution in [0.15, 0.2) is 77.1 Å². The fraction of sp³-hybridized carbons (Fsp3) is 0.379. The lowest BCUT2D eigenvalue weighted by molar-refractivity contribution is -0.384. The summed E-state index contributed by atoms with van der Waals surface area (Å²) in [6.45, 7) is 5.13. The third-order valence-electron chi connectivity index (χ3n) is 7.89. The number of ether oxygens (including phenoxy) is 2. The second-order valence-electron chi connectivity index (χ2n) is 10.2. The average molecular weight is 518 g/mol. The molecule has 0 radical (unpaired) electrons. The second kappa shape index (κ2) is 10.4.